The summed E-state index contributed by atoms with van der Waals surface area (Å²) in [4.78, 5) is 32.2. The molecule has 27 heavy (non-hydrogen) atoms. The number of rotatable bonds is 4. The summed E-state index contributed by atoms with van der Waals surface area (Å²) in [5, 5.41) is 3.21. The van der Waals surface area contributed by atoms with E-state index in [0.717, 1.165) is 5.69 Å². The third kappa shape index (κ3) is 4.75. The molecule has 2 aromatic rings. The number of amides is 2. The zero-order chi connectivity index (χ0) is 19.2. The van der Waals surface area contributed by atoms with Gasteiger partial charge in [-0.2, -0.15) is 0 Å². The van der Waals surface area contributed by atoms with E-state index in [2.05, 4.69) is 10.3 Å². The molecule has 1 fully saturated rings. The molecule has 1 saturated heterocycles. The largest absolute Gasteiger partial charge is 0.450 e. The van der Waals surface area contributed by atoms with E-state index in [9.17, 15) is 9.59 Å². The second kappa shape index (κ2) is 8.53. The van der Waals surface area contributed by atoms with E-state index in [1.807, 2.05) is 31.2 Å². The molecule has 2 amide bonds. The van der Waals surface area contributed by atoms with Crippen molar-refractivity contribution >= 4 is 23.5 Å². The van der Waals surface area contributed by atoms with Gasteiger partial charge in [0.05, 0.1) is 6.61 Å². The van der Waals surface area contributed by atoms with Crippen molar-refractivity contribution in [1.82, 2.24) is 14.8 Å². The molecule has 0 atom stereocenters. The maximum atomic E-state index is 12.8. The first-order chi connectivity index (χ1) is 13.1. The van der Waals surface area contributed by atoms with E-state index < -0.39 is 0 Å². The van der Waals surface area contributed by atoms with Crippen LogP contribution < -0.4 is 5.32 Å². The van der Waals surface area contributed by atoms with Crippen molar-refractivity contribution in [2.24, 2.45) is 0 Å². The second-order valence-electron chi connectivity index (χ2n) is 6.40. The SMILES string of the molecule is CCOC(=O)N1CCN(C(=O)c2ccnc(Nc3ccc(C)cc3)c2)CC1. The lowest BCUT2D eigenvalue weighted by Crippen LogP contribution is -2.50. The molecule has 0 aliphatic carbocycles. The first-order valence-corrected chi connectivity index (χ1v) is 9.07. The number of hydrogen-bond acceptors (Lipinski definition) is 5. The second-order valence-corrected chi connectivity index (χ2v) is 6.40. The topological polar surface area (TPSA) is 74.8 Å². The number of hydrogen-bond donors (Lipinski definition) is 1. The van der Waals surface area contributed by atoms with Crippen molar-refractivity contribution in [1.29, 1.82) is 0 Å². The molecule has 1 aromatic carbocycles. The normalized spacial score (nSPS) is 14.0. The number of nitrogens with zero attached hydrogens (tertiary/aromatic N) is 3. The lowest BCUT2D eigenvalue weighted by atomic mass is 10.2. The van der Waals surface area contributed by atoms with Gasteiger partial charge in [0, 0.05) is 43.6 Å². The molecule has 0 bridgehead atoms. The third-order valence-corrected chi connectivity index (χ3v) is 4.42. The minimum Gasteiger partial charge on any atom is -0.450 e. The van der Waals surface area contributed by atoms with Gasteiger partial charge in [-0.1, -0.05) is 17.7 Å². The molecule has 0 spiro atoms. The van der Waals surface area contributed by atoms with Crippen LogP contribution in [0.1, 0.15) is 22.8 Å². The summed E-state index contributed by atoms with van der Waals surface area (Å²) in [6.45, 7) is 6.09. The first kappa shape index (κ1) is 18.7. The lowest BCUT2D eigenvalue weighted by molar-refractivity contribution is 0.0570. The quantitative estimate of drug-likeness (QED) is 0.898. The number of benzene rings is 1. The summed E-state index contributed by atoms with van der Waals surface area (Å²) in [5.74, 6) is 0.558. The van der Waals surface area contributed by atoms with Crippen LogP contribution in [-0.2, 0) is 4.74 Å². The molecule has 7 heteroatoms. The predicted molar refractivity (Wildman–Crippen MR) is 103 cm³/mol. The molecule has 1 N–H and O–H groups in total. The maximum Gasteiger partial charge on any atom is 0.409 e. The number of aryl methyl sites for hydroxylation is 1. The van der Waals surface area contributed by atoms with E-state index in [-0.39, 0.29) is 12.0 Å². The van der Waals surface area contributed by atoms with Gasteiger partial charge in [-0.05, 0) is 38.1 Å². The Balaban J connectivity index is 1.62. The Morgan fingerprint density at radius 1 is 1.07 bits per heavy atom. The molecule has 2 heterocycles. The van der Waals surface area contributed by atoms with Crippen LogP contribution in [0.4, 0.5) is 16.3 Å². The highest BCUT2D eigenvalue weighted by Crippen LogP contribution is 2.17. The molecule has 3 rings (SSSR count). The van der Waals surface area contributed by atoms with Gasteiger partial charge >= 0.3 is 6.09 Å². The van der Waals surface area contributed by atoms with Crippen molar-refractivity contribution in [3.63, 3.8) is 0 Å². The molecular formula is C20H24N4O3. The van der Waals surface area contributed by atoms with E-state index in [1.54, 1.807) is 35.1 Å². The fourth-order valence-electron chi connectivity index (χ4n) is 2.91. The van der Waals surface area contributed by atoms with Crippen LogP contribution >= 0.6 is 0 Å². The number of nitrogens with one attached hydrogen (secondary N) is 1. The van der Waals surface area contributed by atoms with Gasteiger partial charge in [-0.25, -0.2) is 9.78 Å². The van der Waals surface area contributed by atoms with Gasteiger partial charge in [0.15, 0.2) is 0 Å². The molecule has 7 nitrogen and oxygen atoms in total. The fourth-order valence-corrected chi connectivity index (χ4v) is 2.91. The molecule has 0 unspecified atom stereocenters. The molecular weight excluding hydrogens is 344 g/mol. The van der Waals surface area contributed by atoms with Crippen molar-refractivity contribution in [3.05, 3.63) is 53.7 Å². The molecule has 1 aliphatic rings. The van der Waals surface area contributed by atoms with Crippen molar-refractivity contribution in [2.75, 3.05) is 38.1 Å². The Bertz CT molecular complexity index is 799. The van der Waals surface area contributed by atoms with Gasteiger partial charge in [0.25, 0.3) is 5.91 Å². The Hall–Kier alpha value is -3.09. The number of piperazine rings is 1. The van der Waals surface area contributed by atoms with Gasteiger partial charge in [0.1, 0.15) is 5.82 Å². The van der Waals surface area contributed by atoms with Crippen LogP contribution in [-0.4, -0.2) is 59.6 Å². The zero-order valence-corrected chi connectivity index (χ0v) is 15.6. The Morgan fingerprint density at radius 2 is 1.74 bits per heavy atom. The third-order valence-electron chi connectivity index (χ3n) is 4.42. The summed E-state index contributed by atoms with van der Waals surface area (Å²) in [6.07, 6.45) is 1.30. The number of carbonyl (C=O) groups excluding carboxylic acids is 2. The van der Waals surface area contributed by atoms with Crippen LogP contribution in [0, 0.1) is 6.92 Å². The number of pyridine rings is 1. The van der Waals surface area contributed by atoms with E-state index in [0.29, 0.717) is 44.2 Å². The number of anilines is 2. The lowest BCUT2D eigenvalue weighted by Gasteiger charge is -2.34. The van der Waals surface area contributed by atoms with Crippen LogP contribution in [0.3, 0.4) is 0 Å². The predicted octanol–water partition coefficient (Wildman–Crippen LogP) is 3.05. The molecule has 0 saturated carbocycles. The molecule has 1 aromatic heterocycles. The standard InChI is InChI=1S/C20H24N4O3/c1-3-27-20(26)24-12-10-23(11-13-24)19(25)16-8-9-21-18(14-16)22-17-6-4-15(2)5-7-17/h4-9,14H,3,10-13H2,1-2H3,(H,21,22). The van der Waals surface area contributed by atoms with Crippen molar-refractivity contribution < 1.29 is 14.3 Å². The monoisotopic (exact) mass is 368 g/mol. The number of aromatic nitrogens is 1. The average molecular weight is 368 g/mol. The first-order valence-electron chi connectivity index (χ1n) is 9.07. The van der Waals surface area contributed by atoms with Crippen LogP contribution in [0.15, 0.2) is 42.6 Å². The highest BCUT2D eigenvalue weighted by atomic mass is 16.6. The van der Waals surface area contributed by atoms with Crippen LogP contribution in [0.25, 0.3) is 0 Å². The minimum atomic E-state index is -0.321. The van der Waals surface area contributed by atoms with Gasteiger partial charge in [-0.15, -0.1) is 0 Å². The van der Waals surface area contributed by atoms with E-state index in [1.165, 1.54) is 5.56 Å². The highest BCUT2D eigenvalue weighted by molar-refractivity contribution is 5.95. The molecule has 1 aliphatic heterocycles. The number of carbonyl (C=O) groups is 2. The fraction of sp³-hybridized carbons (Fsp3) is 0.350. The van der Waals surface area contributed by atoms with Crippen LogP contribution in [0.2, 0.25) is 0 Å². The van der Waals surface area contributed by atoms with Gasteiger partial charge in [0.2, 0.25) is 0 Å². The summed E-state index contributed by atoms with van der Waals surface area (Å²) < 4.78 is 5.01. The maximum absolute atomic E-state index is 12.8. The summed E-state index contributed by atoms with van der Waals surface area (Å²) >= 11 is 0. The minimum absolute atomic E-state index is 0.0622. The summed E-state index contributed by atoms with van der Waals surface area (Å²) in [6, 6.07) is 11.4. The molecule has 142 valence electrons. The Kier molecular flexibility index (Phi) is 5.90. The van der Waals surface area contributed by atoms with Gasteiger partial charge < -0.3 is 19.9 Å². The average Bonchev–Trinajstić information content (AvgIpc) is 2.70. The smallest absolute Gasteiger partial charge is 0.409 e. The van der Waals surface area contributed by atoms with E-state index in [4.69, 9.17) is 4.74 Å². The number of ether oxygens (including phenoxy) is 1. The summed E-state index contributed by atoms with van der Waals surface area (Å²) in [7, 11) is 0. The Labute approximate surface area is 158 Å². The van der Waals surface area contributed by atoms with Crippen molar-refractivity contribution in [3.8, 4) is 0 Å². The van der Waals surface area contributed by atoms with Crippen LogP contribution in [0.5, 0.6) is 0 Å². The molecule has 0 radical (unpaired) electrons. The van der Waals surface area contributed by atoms with E-state index >= 15 is 0 Å². The Morgan fingerprint density at radius 3 is 2.41 bits per heavy atom. The summed E-state index contributed by atoms with van der Waals surface area (Å²) in [5.41, 5.74) is 2.67. The zero-order valence-electron chi connectivity index (χ0n) is 15.6. The highest BCUT2D eigenvalue weighted by Gasteiger charge is 2.25. The van der Waals surface area contributed by atoms with Crippen molar-refractivity contribution in [2.45, 2.75) is 13.8 Å². The van der Waals surface area contributed by atoms with Gasteiger partial charge in [-0.3, -0.25) is 4.79 Å².